The van der Waals surface area contributed by atoms with Gasteiger partial charge in [-0.15, -0.1) is 16.4 Å². The van der Waals surface area contributed by atoms with Crippen molar-refractivity contribution < 1.29 is 9.59 Å². The van der Waals surface area contributed by atoms with Gasteiger partial charge in [-0.25, -0.2) is 4.68 Å². The first-order valence-corrected chi connectivity index (χ1v) is 9.31. The van der Waals surface area contributed by atoms with Gasteiger partial charge in [0, 0.05) is 18.3 Å². The number of hydrogen-bond donors (Lipinski definition) is 2. The number of benzene rings is 1. The Morgan fingerprint density at radius 2 is 2.00 bits per heavy atom. The molecule has 0 saturated carbocycles. The van der Waals surface area contributed by atoms with E-state index < -0.39 is 6.04 Å². The zero-order chi connectivity index (χ0) is 19.4. The molecule has 8 nitrogen and oxygen atoms in total. The van der Waals surface area contributed by atoms with E-state index in [-0.39, 0.29) is 17.7 Å². The molecule has 0 saturated heterocycles. The van der Waals surface area contributed by atoms with Crippen molar-refractivity contribution in [3.63, 3.8) is 0 Å². The third-order valence-corrected chi connectivity index (χ3v) is 4.86. The number of aryl methyl sites for hydroxylation is 1. The minimum absolute atomic E-state index is 0.0694. The van der Waals surface area contributed by atoms with Crippen molar-refractivity contribution in [2.24, 2.45) is 13.0 Å². The molecule has 3 rings (SSSR count). The molecule has 1 aromatic carbocycles. The molecule has 27 heavy (non-hydrogen) atoms. The first-order chi connectivity index (χ1) is 13.0. The standard InChI is InChI=1S/C18H20N6O2S/c1-11(2)15(20-17(25)14-8-5-9-27-14)18(26)19-13-7-4-6-12(10-13)16-21-22-23-24(16)3/h4-11,15H,1-3H3,(H,19,26)(H,20,25). The van der Waals surface area contributed by atoms with Crippen LogP contribution >= 0.6 is 11.3 Å². The summed E-state index contributed by atoms with van der Waals surface area (Å²) in [4.78, 5) is 25.6. The summed E-state index contributed by atoms with van der Waals surface area (Å²) in [6.45, 7) is 3.78. The summed E-state index contributed by atoms with van der Waals surface area (Å²) in [5, 5.41) is 18.9. The lowest BCUT2D eigenvalue weighted by molar-refractivity contribution is -0.118. The van der Waals surface area contributed by atoms with E-state index in [9.17, 15) is 9.59 Å². The molecule has 2 heterocycles. The lowest BCUT2D eigenvalue weighted by Gasteiger charge is -2.21. The molecule has 0 aliphatic carbocycles. The van der Waals surface area contributed by atoms with Gasteiger partial charge < -0.3 is 10.6 Å². The molecule has 0 radical (unpaired) electrons. The summed E-state index contributed by atoms with van der Waals surface area (Å²) in [5.41, 5.74) is 1.39. The number of anilines is 1. The molecule has 2 aromatic heterocycles. The van der Waals surface area contributed by atoms with Gasteiger partial charge in [-0.05, 0) is 39.9 Å². The van der Waals surface area contributed by atoms with Crippen molar-refractivity contribution in [1.29, 1.82) is 0 Å². The normalized spacial score (nSPS) is 12.0. The van der Waals surface area contributed by atoms with Crippen LogP contribution in [0, 0.1) is 5.92 Å². The van der Waals surface area contributed by atoms with Crippen LogP contribution in [0.2, 0.25) is 0 Å². The molecule has 140 valence electrons. The van der Waals surface area contributed by atoms with Crippen molar-refractivity contribution in [3.05, 3.63) is 46.7 Å². The SMILES string of the molecule is CC(C)C(NC(=O)c1cccs1)C(=O)Nc1cccc(-c2nnnn2C)c1. The topological polar surface area (TPSA) is 102 Å². The van der Waals surface area contributed by atoms with Crippen molar-refractivity contribution in [1.82, 2.24) is 25.5 Å². The number of hydrogen-bond acceptors (Lipinski definition) is 6. The van der Waals surface area contributed by atoms with Crippen LogP contribution in [0.3, 0.4) is 0 Å². The number of aromatic nitrogens is 4. The fraction of sp³-hybridized carbons (Fsp3) is 0.278. The largest absolute Gasteiger partial charge is 0.339 e. The van der Waals surface area contributed by atoms with Crippen molar-refractivity contribution in [2.45, 2.75) is 19.9 Å². The number of carbonyl (C=O) groups excluding carboxylic acids is 2. The number of nitrogens with one attached hydrogen (secondary N) is 2. The zero-order valence-corrected chi connectivity index (χ0v) is 16.0. The quantitative estimate of drug-likeness (QED) is 0.679. The third kappa shape index (κ3) is 4.37. The van der Waals surface area contributed by atoms with Gasteiger partial charge in [-0.2, -0.15) is 0 Å². The molecule has 0 aliphatic rings. The highest BCUT2D eigenvalue weighted by molar-refractivity contribution is 7.12. The lowest BCUT2D eigenvalue weighted by atomic mass is 10.0. The second kappa shape index (κ2) is 8.09. The molecule has 1 atom stereocenters. The van der Waals surface area contributed by atoms with Crippen LogP contribution in [0.4, 0.5) is 5.69 Å². The molecule has 2 N–H and O–H groups in total. The highest BCUT2D eigenvalue weighted by Crippen LogP contribution is 2.20. The van der Waals surface area contributed by atoms with E-state index in [1.165, 1.54) is 11.3 Å². The molecule has 0 spiro atoms. The monoisotopic (exact) mass is 384 g/mol. The van der Waals surface area contributed by atoms with Crippen LogP contribution < -0.4 is 10.6 Å². The fourth-order valence-electron chi connectivity index (χ4n) is 2.59. The molecule has 0 bridgehead atoms. The smallest absolute Gasteiger partial charge is 0.262 e. The molecule has 0 aliphatic heterocycles. The first kappa shape index (κ1) is 18.7. The maximum Gasteiger partial charge on any atom is 0.262 e. The molecule has 2 amide bonds. The predicted octanol–water partition coefficient (Wildman–Crippen LogP) is 2.33. The van der Waals surface area contributed by atoms with Gasteiger partial charge in [-0.1, -0.05) is 32.0 Å². The second-order valence-electron chi connectivity index (χ2n) is 6.37. The molecule has 1 unspecified atom stereocenters. The van der Waals surface area contributed by atoms with Gasteiger partial charge in [0.05, 0.1) is 4.88 Å². The minimum Gasteiger partial charge on any atom is -0.339 e. The number of amides is 2. The van der Waals surface area contributed by atoms with Gasteiger partial charge in [0.1, 0.15) is 6.04 Å². The Hall–Kier alpha value is -3.07. The van der Waals surface area contributed by atoms with E-state index in [1.54, 1.807) is 36.0 Å². The number of rotatable bonds is 6. The van der Waals surface area contributed by atoms with Crippen molar-refractivity contribution >= 4 is 28.8 Å². The highest BCUT2D eigenvalue weighted by atomic mass is 32.1. The maximum atomic E-state index is 12.8. The van der Waals surface area contributed by atoms with Crippen LogP contribution in [-0.2, 0) is 11.8 Å². The third-order valence-electron chi connectivity index (χ3n) is 3.99. The first-order valence-electron chi connectivity index (χ1n) is 8.43. The van der Waals surface area contributed by atoms with E-state index in [4.69, 9.17) is 0 Å². The Morgan fingerprint density at radius 3 is 2.63 bits per heavy atom. The Balaban J connectivity index is 1.74. The number of tetrazole rings is 1. The van der Waals surface area contributed by atoms with Gasteiger partial charge >= 0.3 is 0 Å². The molecular formula is C18H20N6O2S. The predicted molar refractivity (Wildman–Crippen MR) is 103 cm³/mol. The summed E-state index contributed by atoms with van der Waals surface area (Å²) < 4.78 is 1.55. The summed E-state index contributed by atoms with van der Waals surface area (Å²) in [7, 11) is 1.75. The average molecular weight is 384 g/mol. The van der Waals surface area contributed by atoms with E-state index in [2.05, 4.69) is 26.2 Å². The summed E-state index contributed by atoms with van der Waals surface area (Å²) >= 11 is 1.34. The Bertz CT molecular complexity index is 935. The molecule has 0 fully saturated rings. The van der Waals surface area contributed by atoms with E-state index in [1.807, 2.05) is 31.4 Å². The Kier molecular flexibility index (Phi) is 5.60. The highest BCUT2D eigenvalue weighted by Gasteiger charge is 2.25. The maximum absolute atomic E-state index is 12.8. The van der Waals surface area contributed by atoms with Gasteiger partial charge in [0.15, 0.2) is 5.82 Å². The number of thiophene rings is 1. The zero-order valence-electron chi connectivity index (χ0n) is 15.2. The van der Waals surface area contributed by atoms with Gasteiger partial charge in [0.25, 0.3) is 5.91 Å². The molecule has 9 heteroatoms. The van der Waals surface area contributed by atoms with Gasteiger partial charge in [0.2, 0.25) is 5.91 Å². The molecular weight excluding hydrogens is 364 g/mol. The summed E-state index contributed by atoms with van der Waals surface area (Å²) in [6.07, 6.45) is 0. The van der Waals surface area contributed by atoms with Crippen molar-refractivity contribution in [2.75, 3.05) is 5.32 Å². The van der Waals surface area contributed by atoms with Crippen molar-refractivity contribution in [3.8, 4) is 11.4 Å². The minimum atomic E-state index is -0.653. The van der Waals surface area contributed by atoms with E-state index in [0.717, 1.165) is 5.56 Å². The van der Waals surface area contributed by atoms with Crippen LogP contribution in [-0.4, -0.2) is 38.1 Å². The van der Waals surface area contributed by atoms with Crippen LogP contribution in [0.5, 0.6) is 0 Å². The average Bonchev–Trinajstić information content (AvgIpc) is 3.31. The molecule has 3 aromatic rings. The van der Waals surface area contributed by atoms with Crippen LogP contribution in [0.1, 0.15) is 23.5 Å². The summed E-state index contributed by atoms with van der Waals surface area (Å²) in [5.74, 6) is -0.00144. The van der Waals surface area contributed by atoms with Crippen LogP contribution in [0.15, 0.2) is 41.8 Å². The van der Waals surface area contributed by atoms with Crippen LogP contribution in [0.25, 0.3) is 11.4 Å². The Morgan fingerprint density at radius 1 is 1.19 bits per heavy atom. The van der Waals surface area contributed by atoms with E-state index >= 15 is 0 Å². The van der Waals surface area contributed by atoms with Gasteiger partial charge in [-0.3, -0.25) is 9.59 Å². The number of carbonyl (C=O) groups is 2. The second-order valence-corrected chi connectivity index (χ2v) is 7.32. The number of nitrogens with zero attached hydrogens (tertiary/aromatic N) is 4. The Labute approximate surface area is 160 Å². The van der Waals surface area contributed by atoms with E-state index in [0.29, 0.717) is 16.4 Å². The summed E-state index contributed by atoms with van der Waals surface area (Å²) in [6, 6.07) is 10.1. The lowest BCUT2D eigenvalue weighted by Crippen LogP contribution is -2.46. The fourth-order valence-corrected chi connectivity index (χ4v) is 3.21.